The fourth-order valence-corrected chi connectivity index (χ4v) is 2.43. The van der Waals surface area contributed by atoms with Crippen molar-refractivity contribution in [1.29, 1.82) is 0 Å². The molecule has 0 bridgehead atoms. The van der Waals surface area contributed by atoms with E-state index in [-0.39, 0.29) is 17.5 Å². The number of alkyl halides is 3. The number of anilines is 2. The summed E-state index contributed by atoms with van der Waals surface area (Å²) < 4.78 is 58.0. The second kappa shape index (κ2) is 6.90. The van der Waals surface area contributed by atoms with Gasteiger partial charge in [-0.2, -0.15) is 23.3 Å². The van der Waals surface area contributed by atoms with Crippen molar-refractivity contribution < 1.29 is 22.3 Å². The maximum atomic E-state index is 13.6. The molecule has 6 nitrogen and oxygen atoms in total. The normalized spacial score (nSPS) is 11.5. The van der Waals surface area contributed by atoms with Gasteiger partial charge in [0.15, 0.2) is 11.5 Å². The van der Waals surface area contributed by atoms with Gasteiger partial charge in [0, 0.05) is 30.2 Å². The van der Waals surface area contributed by atoms with Gasteiger partial charge in [0.1, 0.15) is 11.6 Å². The third-order valence-corrected chi connectivity index (χ3v) is 3.74. The fourth-order valence-electron chi connectivity index (χ4n) is 2.05. The van der Waals surface area contributed by atoms with Crippen LogP contribution in [0.4, 0.5) is 29.2 Å². The van der Waals surface area contributed by atoms with E-state index in [1.54, 1.807) is 0 Å². The topological polar surface area (TPSA) is 64.9 Å². The first-order valence-electron chi connectivity index (χ1n) is 7.03. The summed E-state index contributed by atoms with van der Waals surface area (Å²) in [5.41, 5.74) is -0.737. The van der Waals surface area contributed by atoms with Crippen LogP contribution in [0.3, 0.4) is 0 Å². The van der Waals surface area contributed by atoms with Crippen LogP contribution in [0.1, 0.15) is 5.69 Å². The predicted octanol–water partition coefficient (Wildman–Crippen LogP) is 4.33. The zero-order valence-corrected chi connectivity index (χ0v) is 14.6. The number of nitrogens with one attached hydrogen (secondary N) is 1. The van der Waals surface area contributed by atoms with Gasteiger partial charge in [0.25, 0.3) is 0 Å². The number of hydrogen-bond donors (Lipinski definition) is 1. The maximum absolute atomic E-state index is 13.6. The van der Waals surface area contributed by atoms with E-state index in [1.165, 1.54) is 31.5 Å². The Labute approximate surface area is 153 Å². The minimum absolute atomic E-state index is 0.0416. The summed E-state index contributed by atoms with van der Waals surface area (Å²) in [4.78, 5) is 8.12. The lowest BCUT2D eigenvalue weighted by Crippen LogP contribution is -2.09. The van der Waals surface area contributed by atoms with E-state index in [1.807, 2.05) is 0 Å². The SMILES string of the molecule is COc1cc(F)cc(Nc2ncc(Br)c(-n3ccc(C(F)(F)F)n3)n2)c1. The maximum Gasteiger partial charge on any atom is 0.435 e. The molecular weight excluding hydrogens is 422 g/mol. The highest BCUT2D eigenvalue weighted by molar-refractivity contribution is 9.10. The second-order valence-corrected chi connectivity index (χ2v) is 5.87. The lowest BCUT2D eigenvalue weighted by molar-refractivity contribution is -0.141. The minimum Gasteiger partial charge on any atom is -0.497 e. The van der Waals surface area contributed by atoms with Gasteiger partial charge in [-0.25, -0.2) is 14.1 Å². The van der Waals surface area contributed by atoms with Crippen LogP contribution in [0.15, 0.2) is 41.1 Å². The van der Waals surface area contributed by atoms with Crippen LogP contribution in [-0.2, 0) is 6.18 Å². The van der Waals surface area contributed by atoms with E-state index < -0.39 is 17.7 Å². The number of aromatic nitrogens is 4. The van der Waals surface area contributed by atoms with Gasteiger partial charge in [-0.05, 0) is 28.1 Å². The molecule has 0 saturated heterocycles. The minimum atomic E-state index is -4.57. The molecule has 26 heavy (non-hydrogen) atoms. The molecular formula is C15H10BrF4N5O. The molecule has 0 aliphatic carbocycles. The van der Waals surface area contributed by atoms with Crippen LogP contribution in [0.25, 0.3) is 5.82 Å². The number of ether oxygens (including phenoxy) is 1. The second-order valence-electron chi connectivity index (χ2n) is 5.01. The van der Waals surface area contributed by atoms with Gasteiger partial charge in [-0.3, -0.25) is 0 Å². The average Bonchev–Trinajstić information content (AvgIpc) is 3.06. The first kappa shape index (κ1) is 18.1. The van der Waals surface area contributed by atoms with Gasteiger partial charge in [0.05, 0.1) is 11.6 Å². The number of rotatable bonds is 4. The van der Waals surface area contributed by atoms with Crippen LogP contribution >= 0.6 is 15.9 Å². The molecule has 1 N–H and O–H groups in total. The van der Waals surface area contributed by atoms with Crippen molar-refractivity contribution in [3.8, 4) is 11.6 Å². The highest BCUT2D eigenvalue weighted by atomic mass is 79.9. The van der Waals surface area contributed by atoms with Crippen molar-refractivity contribution in [1.82, 2.24) is 19.7 Å². The lowest BCUT2D eigenvalue weighted by atomic mass is 10.3. The number of benzene rings is 1. The van der Waals surface area contributed by atoms with Gasteiger partial charge in [0.2, 0.25) is 5.95 Å². The number of nitrogens with zero attached hydrogens (tertiary/aromatic N) is 4. The van der Waals surface area contributed by atoms with Gasteiger partial charge < -0.3 is 10.1 Å². The first-order chi connectivity index (χ1) is 12.3. The monoisotopic (exact) mass is 431 g/mol. The highest BCUT2D eigenvalue weighted by Crippen LogP contribution is 2.29. The molecule has 2 aromatic heterocycles. The summed E-state index contributed by atoms with van der Waals surface area (Å²) in [5, 5.41) is 6.23. The standard InChI is InChI=1S/C15H10BrF4N5O/c1-26-10-5-8(17)4-9(6-10)22-14-21-7-11(16)13(23-14)25-3-2-12(24-25)15(18,19)20/h2-7H,1H3,(H,21,22,23). The smallest absolute Gasteiger partial charge is 0.435 e. The van der Waals surface area contributed by atoms with Crippen LogP contribution in [0.5, 0.6) is 5.75 Å². The Kier molecular flexibility index (Phi) is 4.81. The van der Waals surface area contributed by atoms with Crippen molar-refractivity contribution in [2.24, 2.45) is 0 Å². The Bertz CT molecular complexity index is 944. The Morgan fingerprint density at radius 3 is 2.65 bits per heavy atom. The molecule has 0 radical (unpaired) electrons. The summed E-state index contributed by atoms with van der Waals surface area (Å²) in [6.45, 7) is 0. The Balaban J connectivity index is 1.93. The molecule has 136 valence electrons. The molecule has 2 heterocycles. The molecule has 0 aliphatic rings. The van der Waals surface area contributed by atoms with E-state index in [9.17, 15) is 17.6 Å². The van der Waals surface area contributed by atoms with E-state index in [4.69, 9.17) is 4.74 Å². The predicted molar refractivity (Wildman–Crippen MR) is 88.1 cm³/mol. The third kappa shape index (κ3) is 3.93. The Morgan fingerprint density at radius 1 is 1.23 bits per heavy atom. The zero-order valence-electron chi connectivity index (χ0n) is 13.1. The van der Waals surface area contributed by atoms with Crippen LogP contribution < -0.4 is 10.1 Å². The molecule has 3 aromatic rings. The number of hydrogen-bond acceptors (Lipinski definition) is 5. The zero-order chi connectivity index (χ0) is 18.9. The van der Waals surface area contributed by atoms with Gasteiger partial charge in [-0.1, -0.05) is 0 Å². The largest absolute Gasteiger partial charge is 0.497 e. The summed E-state index contributed by atoms with van der Waals surface area (Å²) >= 11 is 3.17. The van der Waals surface area contributed by atoms with Gasteiger partial charge >= 0.3 is 6.18 Å². The molecule has 0 unspecified atom stereocenters. The summed E-state index contributed by atoms with van der Waals surface area (Å²) in [6, 6.07) is 4.74. The molecule has 0 atom stereocenters. The molecule has 0 amide bonds. The fraction of sp³-hybridized carbons (Fsp3) is 0.133. The van der Waals surface area contributed by atoms with Gasteiger partial charge in [-0.15, -0.1) is 0 Å². The molecule has 3 rings (SSSR count). The molecule has 0 saturated carbocycles. The van der Waals surface area contributed by atoms with Crippen LogP contribution in [0, 0.1) is 5.82 Å². The van der Waals surface area contributed by atoms with Crippen LogP contribution in [0.2, 0.25) is 0 Å². The Hall–Kier alpha value is -2.69. The quantitative estimate of drug-likeness (QED) is 0.622. The highest BCUT2D eigenvalue weighted by Gasteiger charge is 2.33. The van der Waals surface area contributed by atoms with E-state index in [0.29, 0.717) is 10.2 Å². The van der Waals surface area contributed by atoms with Crippen LogP contribution in [-0.4, -0.2) is 26.9 Å². The summed E-state index contributed by atoms with van der Waals surface area (Å²) in [7, 11) is 1.39. The van der Waals surface area contributed by atoms with Crippen molar-refractivity contribution in [3.63, 3.8) is 0 Å². The van der Waals surface area contributed by atoms with E-state index in [2.05, 4.69) is 36.3 Å². The van der Waals surface area contributed by atoms with Crippen molar-refractivity contribution in [2.45, 2.75) is 6.18 Å². The summed E-state index contributed by atoms with van der Waals surface area (Å²) in [5.74, 6) is -0.126. The Morgan fingerprint density at radius 2 is 2.00 bits per heavy atom. The first-order valence-corrected chi connectivity index (χ1v) is 7.83. The molecule has 1 aromatic carbocycles. The number of halogens is 5. The van der Waals surface area contributed by atoms with E-state index >= 15 is 0 Å². The van der Waals surface area contributed by atoms with Crippen molar-refractivity contribution in [3.05, 3.63) is 52.6 Å². The lowest BCUT2D eigenvalue weighted by Gasteiger charge is -2.10. The number of methoxy groups -OCH3 is 1. The average molecular weight is 432 g/mol. The molecule has 11 heteroatoms. The van der Waals surface area contributed by atoms with Crippen molar-refractivity contribution >= 4 is 27.6 Å². The third-order valence-electron chi connectivity index (χ3n) is 3.19. The summed E-state index contributed by atoms with van der Waals surface area (Å²) in [6.07, 6.45) is -2.09. The van der Waals surface area contributed by atoms with E-state index in [0.717, 1.165) is 16.9 Å². The molecule has 0 fully saturated rings. The van der Waals surface area contributed by atoms with Crippen molar-refractivity contribution in [2.75, 3.05) is 12.4 Å². The molecule has 0 aliphatic heterocycles. The molecule has 0 spiro atoms.